The quantitative estimate of drug-likeness (QED) is 0.0352. The first kappa shape index (κ1) is 52.7. The van der Waals surface area contributed by atoms with Crippen LogP contribution in [0.3, 0.4) is 0 Å². The molecule has 18 heteroatoms. The van der Waals surface area contributed by atoms with Crippen LogP contribution in [0.2, 0.25) is 0 Å². The van der Waals surface area contributed by atoms with Crippen molar-refractivity contribution in [2.45, 2.75) is 122 Å². The lowest BCUT2D eigenvalue weighted by Crippen LogP contribution is -2.58. The minimum atomic E-state index is -1.18. The van der Waals surface area contributed by atoms with Crippen LogP contribution in [0.1, 0.15) is 118 Å². The molecule has 2 unspecified atom stereocenters. The van der Waals surface area contributed by atoms with Gasteiger partial charge in [-0.3, -0.25) is 19.9 Å². The summed E-state index contributed by atoms with van der Waals surface area (Å²) in [7, 11) is -0.759. The Morgan fingerprint density at radius 1 is 0.867 bits per heavy atom. The maximum atomic E-state index is 14.0. The molecule has 7 aromatic rings. The second-order valence-electron chi connectivity index (χ2n) is 21.5. The van der Waals surface area contributed by atoms with Crippen LogP contribution in [0.25, 0.3) is 28.0 Å². The fourth-order valence-corrected chi connectivity index (χ4v) is 10.6. The summed E-state index contributed by atoms with van der Waals surface area (Å²) in [5.74, 6) is -0.201. The predicted molar refractivity (Wildman–Crippen MR) is 286 cm³/mol. The first-order chi connectivity index (χ1) is 35.9. The highest BCUT2D eigenvalue weighted by molar-refractivity contribution is 6.47. The van der Waals surface area contributed by atoms with E-state index in [1.807, 2.05) is 118 Å². The molecular weight excluding hydrogens is 949 g/mol. The van der Waals surface area contributed by atoms with Crippen molar-refractivity contribution in [1.82, 2.24) is 44.8 Å². The highest BCUT2D eigenvalue weighted by Gasteiger charge is 2.57. The molecule has 0 radical (unpaired) electrons. The summed E-state index contributed by atoms with van der Waals surface area (Å²) in [6.45, 7) is 16.2. The van der Waals surface area contributed by atoms with Crippen molar-refractivity contribution in [2.75, 3.05) is 13.1 Å². The van der Waals surface area contributed by atoms with Crippen LogP contribution in [0.5, 0.6) is 17.5 Å². The number of rotatable bonds is 18. The predicted octanol–water partition coefficient (Wildman–Crippen LogP) is 8.29. The second-order valence-corrected chi connectivity index (χ2v) is 21.5. The van der Waals surface area contributed by atoms with Gasteiger partial charge in [0.15, 0.2) is 5.82 Å². The maximum absolute atomic E-state index is 14.0. The van der Waals surface area contributed by atoms with Gasteiger partial charge in [0, 0.05) is 66.7 Å². The van der Waals surface area contributed by atoms with E-state index in [9.17, 15) is 30.0 Å². The molecule has 75 heavy (non-hydrogen) atoms. The van der Waals surface area contributed by atoms with Crippen LogP contribution in [-0.4, -0.2) is 110 Å². The third-order valence-corrected chi connectivity index (χ3v) is 15.2. The number of benzene rings is 4. The lowest BCUT2D eigenvalue weighted by atomic mass is 9.73. The molecule has 6 N–H and O–H groups in total. The summed E-state index contributed by atoms with van der Waals surface area (Å²) in [4.78, 5) is 37.4. The molecule has 0 saturated carbocycles. The number of piperidine rings is 1. The van der Waals surface area contributed by atoms with Crippen molar-refractivity contribution in [1.29, 1.82) is 0 Å². The molecule has 9 rings (SSSR count). The van der Waals surface area contributed by atoms with Gasteiger partial charge in [-0.15, -0.1) is 5.10 Å². The average molecular weight is 1020 g/mol. The number of phenolic OH excluding ortho intramolecular Hbond substituents is 2. The number of carbonyl (C=O) groups excluding carboxylic acids is 2. The Balaban J connectivity index is 0.810. The van der Waals surface area contributed by atoms with E-state index in [1.165, 1.54) is 29.2 Å². The molecule has 0 spiro atoms. The summed E-state index contributed by atoms with van der Waals surface area (Å²) in [5.41, 5.74) is 3.48. The number of aromatic hydroxyl groups is 3. The minimum Gasteiger partial charge on any atom is -0.508 e. The van der Waals surface area contributed by atoms with Crippen molar-refractivity contribution < 1.29 is 39.3 Å². The monoisotopic (exact) mass is 1020 g/mol. The molecule has 2 fully saturated rings. The third kappa shape index (κ3) is 11.3. The minimum absolute atomic E-state index is 0.00648. The smallest absolute Gasteiger partial charge is 0.476 e. The number of aliphatic hydroxyl groups is 1. The SMILES string of the molecule is CC(C)C[C@H](NC(O)[C@H](Cc1ccccc1)NC(=O)c1cnccn1)B1OC(C)(C)C(C)(c2ccc(C(=O)N3CCC(CCn4ccc5cc(-n6c(O)nnc6-c6cc(C(C)C)c(O)cc6O)ccc54)CC3)cc2)O1. The Morgan fingerprint density at radius 2 is 1.61 bits per heavy atom. The number of carbonyl (C=O) groups is 2. The zero-order valence-electron chi connectivity index (χ0n) is 43.7. The number of fused-ring (bicyclic) bond motifs is 1. The van der Waals surface area contributed by atoms with Crippen LogP contribution >= 0.6 is 0 Å². The maximum Gasteiger partial charge on any atom is 0.476 e. The highest BCUT2D eigenvalue weighted by atomic mass is 16.7. The van der Waals surface area contributed by atoms with Gasteiger partial charge >= 0.3 is 13.1 Å². The topological polar surface area (TPSA) is 222 Å². The van der Waals surface area contributed by atoms with Gasteiger partial charge in [0.25, 0.3) is 11.8 Å². The number of nitrogens with one attached hydrogen (secondary N) is 2. The van der Waals surface area contributed by atoms with E-state index in [0.29, 0.717) is 54.2 Å². The Morgan fingerprint density at radius 3 is 2.31 bits per heavy atom. The van der Waals surface area contributed by atoms with Gasteiger partial charge in [-0.25, -0.2) is 9.55 Å². The van der Waals surface area contributed by atoms with Crippen molar-refractivity contribution in [3.8, 4) is 34.6 Å². The Kier molecular flexibility index (Phi) is 15.5. The number of aryl methyl sites for hydroxylation is 1. The van der Waals surface area contributed by atoms with Crippen LogP contribution in [0.4, 0.5) is 0 Å². The van der Waals surface area contributed by atoms with Gasteiger partial charge in [0.1, 0.15) is 29.0 Å². The van der Waals surface area contributed by atoms with Crippen LogP contribution < -0.4 is 10.6 Å². The van der Waals surface area contributed by atoms with E-state index in [-0.39, 0.29) is 46.8 Å². The lowest BCUT2D eigenvalue weighted by molar-refractivity contribution is -0.0133. The number of phenols is 2. The molecule has 2 saturated heterocycles. The molecule has 4 atom stereocenters. The van der Waals surface area contributed by atoms with E-state index < -0.39 is 42.4 Å². The van der Waals surface area contributed by atoms with E-state index in [0.717, 1.165) is 47.8 Å². The first-order valence-corrected chi connectivity index (χ1v) is 26.0. The average Bonchev–Trinajstić information content (AvgIpc) is 4.07. The number of likely N-dealkylation sites (tertiary alicyclic amines) is 1. The van der Waals surface area contributed by atoms with Gasteiger partial charge in [0.2, 0.25) is 0 Å². The van der Waals surface area contributed by atoms with Gasteiger partial charge in [0.05, 0.1) is 29.1 Å². The van der Waals surface area contributed by atoms with Crippen molar-refractivity contribution in [2.24, 2.45) is 11.8 Å². The Labute approximate surface area is 438 Å². The first-order valence-electron chi connectivity index (χ1n) is 26.0. The third-order valence-electron chi connectivity index (χ3n) is 15.2. The molecule has 0 bridgehead atoms. The summed E-state index contributed by atoms with van der Waals surface area (Å²) in [5, 5.41) is 59.3. The van der Waals surface area contributed by atoms with Crippen molar-refractivity contribution >= 4 is 29.8 Å². The molecule has 2 amide bonds. The summed E-state index contributed by atoms with van der Waals surface area (Å²) < 4.78 is 17.3. The molecule has 392 valence electrons. The number of nitrogens with zero attached hydrogens (tertiary/aromatic N) is 7. The molecule has 17 nitrogen and oxygen atoms in total. The number of aromatic nitrogens is 6. The van der Waals surface area contributed by atoms with Gasteiger partial charge in [-0.2, -0.15) is 0 Å². The van der Waals surface area contributed by atoms with Crippen molar-refractivity contribution in [3.05, 3.63) is 144 Å². The largest absolute Gasteiger partial charge is 0.508 e. The molecule has 3 aromatic heterocycles. The fraction of sp³-hybridized carbons (Fsp3) is 0.404. The summed E-state index contributed by atoms with van der Waals surface area (Å²) in [6, 6.07) is 27.1. The molecule has 2 aliphatic heterocycles. The second kappa shape index (κ2) is 22.0. The van der Waals surface area contributed by atoms with Gasteiger partial charge < -0.3 is 44.5 Å². The van der Waals surface area contributed by atoms with Gasteiger partial charge in [-0.1, -0.05) is 75.3 Å². The Bertz CT molecular complexity index is 3110. The molecule has 0 aliphatic carbocycles. The number of hydrogen-bond donors (Lipinski definition) is 6. The van der Waals surface area contributed by atoms with E-state index in [2.05, 4.69) is 55.4 Å². The number of amides is 2. The van der Waals surface area contributed by atoms with Crippen LogP contribution in [-0.2, 0) is 27.9 Å². The highest BCUT2D eigenvalue weighted by Crippen LogP contribution is 2.46. The normalized spacial score (nSPS) is 18.2. The van der Waals surface area contributed by atoms with E-state index in [4.69, 9.17) is 9.31 Å². The standard InChI is InChI=1S/C57H68BN9O8/c1-35(2)29-50(62-52(70)45(30-38-11-9-8-10-12-38)61-53(71)46-34-59-23-24-60-46)58-74-56(5,6)57(7,75-58)41-15-13-39(14-16-41)54(72)66-26-20-37(21-27-66)19-25-65-28-22-40-31-42(17-18-47(40)65)67-51(63-64-55(67)73)44-32-43(36(3)4)48(68)33-49(44)69/h8-18,22-24,28,31-37,45,50,52,62,68-70H,19-21,25-27,29-30H2,1-7H3,(H,61,71)(H,64,73)/t45-,50-,52?,57?/m0/s1. The zero-order valence-corrected chi connectivity index (χ0v) is 43.7. The fourth-order valence-electron chi connectivity index (χ4n) is 10.6. The van der Waals surface area contributed by atoms with Crippen LogP contribution in [0, 0.1) is 11.8 Å². The summed E-state index contributed by atoms with van der Waals surface area (Å²) >= 11 is 0. The molecule has 2 aliphatic rings. The van der Waals surface area contributed by atoms with Crippen LogP contribution in [0.15, 0.2) is 116 Å². The molecule has 5 heterocycles. The van der Waals surface area contributed by atoms with Gasteiger partial charge in [-0.05, 0) is 130 Å². The van der Waals surface area contributed by atoms with E-state index >= 15 is 0 Å². The summed E-state index contributed by atoms with van der Waals surface area (Å²) in [6.07, 6.45) is 8.93. The lowest BCUT2D eigenvalue weighted by Gasteiger charge is -2.37. The molecule has 4 aromatic carbocycles. The van der Waals surface area contributed by atoms with E-state index in [1.54, 1.807) is 6.07 Å². The Hall–Kier alpha value is -7.12. The zero-order chi connectivity index (χ0) is 53.2. The van der Waals surface area contributed by atoms with Crippen molar-refractivity contribution in [3.63, 3.8) is 0 Å². The molecular formula is C57H68BN9O8. The number of hydrogen-bond acceptors (Lipinski definition) is 13. The number of aliphatic hydroxyl groups excluding tert-OH is 1.